The quantitative estimate of drug-likeness (QED) is 0.516. The molecule has 0 amide bonds. The number of rotatable bonds is 3. The molecule has 0 bridgehead atoms. The molecule has 2 unspecified atom stereocenters. The first kappa shape index (κ1) is 13.2. The fourth-order valence-electron chi connectivity index (χ4n) is 2.51. The molecule has 0 fully saturated rings. The Morgan fingerprint density at radius 3 is 2.75 bits per heavy atom. The van der Waals surface area contributed by atoms with Gasteiger partial charge in [0.25, 0.3) is 0 Å². The second-order valence-corrected chi connectivity index (χ2v) is 5.53. The van der Waals surface area contributed by atoms with Crippen molar-refractivity contribution in [2.45, 2.75) is 47.5 Å². The van der Waals surface area contributed by atoms with Gasteiger partial charge in [-0.15, -0.1) is 0 Å². The minimum absolute atomic E-state index is 0.183. The fraction of sp³-hybridized carbons (Fsp3) is 0.667. The molecule has 1 aliphatic rings. The molecule has 90 valence electrons. The van der Waals surface area contributed by atoms with Crippen molar-refractivity contribution in [3.8, 4) is 0 Å². The molecule has 0 aromatic carbocycles. The third-order valence-corrected chi connectivity index (χ3v) is 4.10. The molecule has 1 heteroatoms. The number of allylic oxidation sites excluding steroid dienone is 4. The molecule has 0 heterocycles. The Morgan fingerprint density at radius 1 is 1.56 bits per heavy atom. The van der Waals surface area contributed by atoms with Gasteiger partial charge in [0.15, 0.2) is 5.78 Å². The van der Waals surface area contributed by atoms with Gasteiger partial charge in [-0.2, -0.15) is 0 Å². The first-order valence-corrected chi connectivity index (χ1v) is 6.27. The lowest BCUT2D eigenvalue weighted by molar-refractivity contribution is -0.114. The van der Waals surface area contributed by atoms with Gasteiger partial charge in [-0.25, -0.2) is 0 Å². The van der Waals surface area contributed by atoms with Crippen LogP contribution < -0.4 is 0 Å². The molecular weight excluding hydrogens is 196 g/mol. The molecule has 16 heavy (non-hydrogen) atoms. The van der Waals surface area contributed by atoms with Gasteiger partial charge in [-0.1, -0.05) is 45.4 Å². The van der Waals surface area contributed by atoms with Crippen molar-refractivity contribution in [1.29, 1.82) is 0 Å². The second kappa shape index (κ2) is 4.99. The first-order valence-electron chi connectivity index (χ1n) is 6.27. The van der Waals surface area contributed by atoms with E-state index in [1.165, 1.54) is 5.57 Å². The van der Waals surface area contributed by atoms with Crippen LogP contribution >= 0.6 is 0 Å². The molecule has 1 nitrogen and oxygen atoms in total. The van der Waals surface area contributed by atoms with Crippen LogP contribution in [-0.4, -0.2) is 5.78 Å². The molecular formula is C15H24O. The standard InChI is InChI=1S/C15H24O/c1-6-13(16)9-10-14-11(2)7-8-12(3)15(14,4)5/h8-11,14H,6-7H2,1-5H3/b10-9+. The smallest absolute Gasteiger partial charge is 0.155 e. The lowest BCUT2D eigenvalue weighted by Crippen LogP contribution is -2.32. The molecule has 0 saturated carbocycles. The van der Waals surface area contributed by atoms with Crippen molar-refractivity contribution in [1.82, 2.24) is 0 Å². The zero-order chi connectivity index (χ0) is 12.3. The normalized spacial score (nSPS) is 29.2. The highest BCUT2D eigenvalue weighted by Gasteiger charge is 2.35. The maximum absolute atomic E-state index is 11.4. The van der Waals surface area contributed by atoms with Gasteiger partial charge < -0.3 is 0 Å². The maximum Gasteiger partial charge on any atom is 0.155 e. The summed E-state index contributed by atoms with van der Waals surface area (Å²) in [6.07, 6.45) is 7.99. The largest absolute Gasteiger partial charge is 0.295 e. The zero-order valence-electron chi connectivity index (χ0n) is 11.2. The van der Waals surface area contributed by atoms with E-state index in [-0.39, 0.29) is 11.2 Å². The Hall–Kier alpha value is -0.850. The van der Waals surface area contributed by atoms with Crippen LogP contribution in [0.5, 0.6) is 0 Å². The Balaban J connectivity index is 2.89. The first-order chi connectivity index (χ1) is 7.39. The highest BCUT2D eigenvalue weighted by molar-refractivity contribution is 5.89. The lowest BCUT2D eigenvalue weighted by atomic mass is 9.64. The minimum Gasteiger partial charge on any atom is -0.295 e. The van der Waals surface area contributed by atoms with Gasteiger partial charge in [0.2, 0.25) is 0 Å². The van der Waals surface area contributed by atoms with Gasteiger partial charge >= 0.3 is 0 Å². The predicted octanol–water partition coefficient (Wildman–Crippen LogP) is 4.15. The molecule has 2 atom stereocenters. The highest BCUT2D eigenvalue weighted by atomic mass is 16.1. The Bertz CT molecular complexity index is 320. The number of carbonyl (C=O) groups is 1. The van der Waals surface area contributed by atoms with Crippen LogP contribution in [-0.2, 0) is 4.79 Å². The molecule has 0 aromatic heterocycles. The van der Waals surface area contributed by atoms with E-state index in [1.54, 1.807) is 6.08 Å². The third kappa shape index (κ3) is 2.63. The average Bonchev–Trinajstić information content (AvgIpc) is 2.23. The topological polar surface area (TPSA) is 17.1 Å². The number of hydrogen-bond donors (Lipinski definition) is 0. The minimum atomic E-state index is 0.183. The summed E-state index contributed by atoms with van der Waals surface area (Å²) < 4.78 is 0. The Labute approximate surface area is 99.6 Å². The molecule has 1 rings (SSSR count). The molecule has 0 spiro atoms. The summed E-state index contributed by atoms with van der Waals surface area (Å²) >= 11 is 0. The van der Waals surface area contributed by atoms with Crippen LogP contribution in [0.4, 0.5) is 0 Å². The molecule has 0 N–H and O–H groups in total. The van der Waals surface area contributed by atoms with Crippen molar-refractivity contribution in [3.63, 3.8) is 0 Å². The zero-order valence-corrected chi connectivity index (χ0v) is 11.2. The van der Waals surface area contributed by atoms with E-state index < -0.39 is 0 Å². The Morgan fingerprint density at radius 2 is 2.19 bits per heavy atom. The monoisotopic (exact) mass is 220 g/mol. The summed E-state index contributed by atoms with van der Waals surface area (Å²) in [4.78, 5) is 11.4. The third-order valence-electron chi connectivity index (χ3n) is 4.10. The van der Waals surface area contributed by atoms with Crippen LogP contribution in [0.25, 0.3) is 0 Å². The number of hydrogen-bond acceptors (Lipinski definition) is 1. The van der Waals surface area contributed by atoms with Crippen molar-refractivity contribution in [2.75, 3.05) is 0 Å². The van der Waals surface area contributed by atoms with E-state index in [2.05, 4.69) is 39.8 Å². The van der Waals surface area contributed by atoms with Crippen molar-refractivity contribution < 1.29 is 4.79 Å². The van der Waals surface area contributed by atoms with E-state index in [1.807, 2.05) is 6.92 Å². The van der Waals surface area contributed by atoms with Gasteiger partial charge in [0, 0.05) is 6.42 Å². The SMILES string of the molecule is CCC(=O)/C=C/C1C(C)CC=C(C)C1(C)C. The Kier molecular flexibility index (Phi) is 4.12. The van der Waals surface area contributed by atoms with E-state index >= 15 is 0 Å². The molecule has 0 radical (unpaired) electrons. The molecule has 0 aromatic rings. The van der Waals surface area contributed by atoms with E-state index in [0.29, 0.717) is 18.3 Å². The van der Waals surface area contributed by atoms with Crippen LogP contribution in [0.15, 0.2) is 23.8 Å². The molecule has 0 saturated heterocycles. The second-order valence-electron chi connectivity index (χ2n) is 5.53. The van der Waals surface area contributed by atoms with Crippen LogP contribution in [0.2, 0.25) is 0 Å². The summed E-state index contributed by atoms with van der Waals surface area (Å²) in [5.74, 6) is 1.34. The predicted molar refractivity (Wildman–Crippen MR) is 69.2 cm³/mol. The number of ketones is 1. The summed E-state index contributed by atoms with van der Waals surface area (Å²) in [5, 5.41) is 0. The summed E-state index contributed by atoms with van der Waals surface area (Å²) in [6, 6.07) is 0. The molecule has 0 aliphatic heterocycles. The van der Waals surface area contributed by atoms with Gasteiger partial charge in [0.1, 0.15) is 0 Å². The van der Waals surface area contributed by atoms with Gasteiger partial charge in [-0.05, 0) is 36.7 Å². The van der Waals surface area contributed by atoms with Crippen molar-refractivity contribution in [3.05, 3.63) is 23.8 Å². The van der Waals surface area contributed by atoms with Crippen molar-refractivity contribution >= 4 is 5.78 Å². The maximum atomic E-state index is 11.4. The molecule has 1 aliphatic carbocycles. The summed E-state index contributed by atoms with van der Waals surface area (Å²) in [7, 11) is 0. The summed E-state index contributed by atoms with van der Waals surface area (Å²) in [5.41, 5.74) is 1.63. The van der Waals surface area contributed by atoms with Gasteiger partial charge in [-0.3, -0.25) is 4.79 Å². The van der Waals surface area contributed by atoms with E-state index in [4.69, 9.17) is 0 Å². The van der Waals surface area contributed by atoms with Crippen molar-refractivity contribution in [2.24, 2.45) is 17.3 Å². The lowest BCUT2D eigenvalue weighted by Gasteiger charge is -2.41. The van der Waals surface area contributed by atoms with Crippen LogP contribution in [0.1, 0.15) is 47.5 Å². The van der Waals surface area contributed by atoms with E-state index in [9.17, 15) is 4.79 Å². The number of carbonyl (C=O) groups excluding carboxylic acids is 1. The average molecular weight is 220 g/mol. The highest BCUT2D eigenvalue weighted by Crippen LogP contribution is 2.45. The fourth-order valence-corrected chi connectivity index (χ4v) is 2.51. The van der Waals surface area contributed by atoms with Gasteiger partial charge in [0.05, 0.1) is 0 Å². The van der Waals surface area contributed by atoms with Crippen LogP contribution in [0, 0.1) is 17.3 Å². The summed E-state index contributed by atoms with van der Waals surface area (Å²) in [6.45, 7) is 10.9. The van der Waals surface area contributed by atoms with E-state index in [0.717, 1.165) is 6.42 Å². The van der Waals surface area contributed by atoms with Crippen LogP contribution in [0.3, 0.4) is 0 Å².